The Morgan fingerprint density at radius 1 is 0.951 bits per heavy atom. The molecule has 8 nitrogen and oxygen atoms in total. The highest BCUT2D eigenvalue weighted by molar-refractivity contribution is 5.98. The maximum Gasteiger partial charge on any atom is 0.306 e. The van der Waals surface area contributed by atoms with E-state index in [0.717, 1.165) is 40.9 Å². The molecule has 3 aromatic rings. The van der Waals surface area contributed by atoms with Crippen LogP contribution in [0.15, 0.2) is 72.8 Å². The SMILES string of the molecule is CCOC(=O)CCC(=O)N(Cc1ccccc1)c1ccc2c(c1)CCCN2C(=O)CCc1ccc(C(=N)N)cc1.Cl. The first-order valence-corrected chi connectivity index (χ1v) is 13.7. The van der Waals surface area contributed by atoms with Gasteiger partial charge in [0.25, 0.3) is 0 Å². The van der Waals surface area contributed by atoms with E-state index in [-0.39, 0.29) is 55.5 Å². The fourth-order valence-corrected chi connectivity index (χ4v) is 4.91. The third-order valence-corrected chi connectivity index (χ3v) is 7.02. The zero-order chi connectivity index (χ0) is 28.5. The molecule has 0 bridgehead atoms. The second-order valence-corrected chi connectivity index (χ2v) is 9.84. The molecule has 3 aromatic carbocycles. The summed E-state index contributed by atoms with van der Waals surface area (Å²) in [6.45, 7) is 3.06. The number of nitrogens with one attached hydrogen (secondary N) is 1. The van der Waals surface area contributed by atoms with Crippen molar-refractivity contribution in [2.24, 2.45) is 5.73 Å². The van der Waals surface area contributed by atoms with E-state index < -0.39 is 0 Å². The number of halogens is 1. The van der Waals surface area contributed by atoms with Crippen LogP contribution in [-0.2, 0) is 38.5 Å². The minimum Gasteiger partial charge on any atom is -0.466 e. The van der Waals surface area contributed by atoms with Crippen molar-refractivity contribution in [2.75, 3.05) is 23.0 Å². The van der Waals surface area contributed by atoms with E-state index in [1.54, 1.807) is 24.0 Å². The van der Waals surface area contributed by atoms with Gasteiger partial charge < -0.3 is 20.3 Å². The van der Waals surface area contributed by atoms with Crippen molar-refractivity contribution in [2.45, 2.75) is 52.0 Å². The lowest BCUT2D eigenvalue weighted by Gasteiger charge is -2.31. The number of rotatable bonds is 11. The lowest BCUT2D eigenvalue weighted by molar-refractivity contribution is -0.144. The number of fused-ring (bicyclic) bond motifs is 1. The second kappa shape index (κ2) is 15.0. The van der Waals surface area contributed by atoms with Gasteiger partial charge in [0.1, 0.15) is 5.84 Å². The third kappa shape index (κ3) is 8.41. The summed E-state index contributed by atoms with van der Waals surface area (Å²) in [5, 5.41) is 7.53. The molecular weight excluding hydrogens is 540 g/mol. The van der Waals surface area contributed by atoms with E-state index in [1.807, 2.05) is 65.6 Å². The third-order valence-electron chi connectivity index (χ3n) is 7.02. The Kier molecular flexibility index (Phi) is 11.5. The molecule has 1 aliphatic rings. The first kappa shape index (κ1) is 31.4. The van der Waals surface area contributed by atoms with E-state index in [4.69, 9.17) is 15.9 Å². The molecule has 0 aromatic heterocycles. The zero-order valence-corrected chi connectivity index (χ0v) is 24.1. The summed E-state index contributed by atoms with van der Waals surface area (Å²) in [6, 6.07) is 23.0. The first-order valence-electron chi connectivity index (χ1n) is 13.7. The van der Waals surface area contributed by atoms with Gasteiger partial charge in [0, 0.05) is 36.3 Å². The monoisotopic (exact) mass is 576 g/mol. The number of hydrogen-bond acceptors (Lipinski definition) is 5. The Bertz CT molecular complexity index is 1360. The summed E-state index contributed by atoms with van der Waals surface area (Å²) in [5.41, 5.74) is 10.9. The molecule has 1 aliphatic heterocycles. The quantitative estimate of drug-likeness (QED) is 0.185. The number of amidine groups is 1. The van der Waals surface area contributed by atoms with Gasteiger partial charge in [0.05, 0.1) is 19.6 Å². The highest BCUT2D eigenvalue weighted by atomic mass is 35.5. The lowest BCUT2D eigenvalue weighted by Crippen LogP contribution is -2.36. The summed E-state index contributed by atoms with van der Waals surface area (Å²) in [6.07, 6.45) is 2.71. The predicted molar refractivity (Wildman–Crippen MR) is 164 cm³/mol. The summed E-state index contributed by atoms with van der Waals surface area (Å²) in [5.74, 6) is -0.466. The largest absolute Gasteiger partial charge is 0.466 e. The Hall–Kier alpha value is -4.17. The van der Waals surface area contributed by atoms with Gasteiger partial charge in [0.15, 0.2) is 0 Å². The van der Waals surface area contributed by atoms with Crippen LogP contribution in [0.25, 0.3) is 0 Å². The van der Waals surface area contributed by atoms with Gasteiger partial charge in [0.2, 0.25) is 11.8 Å². The number of benzene rings is 3. The molecule has 9 heteroatoms. The van der Waals surface area contributed by atoms with Crippen LogP contribution in [0.2, 0.25) is 0 Å². The molecule has 3 N–H and O–H groups in total. The molecule has 0 fully saturated rings. The fourth-order valence-electron chi connectivity index (χ4n) is 4.91. The van der Waals surface area contributed by atoms with Crippen LogP contribution in [0.1, 0.15) is 54.9 Å². The fraction of sp³-hybridized carbons (Fsp3) is 0.312. The van der Waals surface area contributed by atoms with Gasteiger partial charge in [-0.15, -0.1) is 12.4 Å². The Labute approximate surface area is 247 Å². The van der Waals surface area contributed by atoms with Crippen LogP contribution >= 0.6 is 12.4 Å². The average molecular weight is 577 g/mol. The zero-order valence-electron chi connectivity index (χ0n) is 23.3. The van der Waals surface area contributed by atoms with Crippen molar-refractivity contribution >= 4 is 47.4 Å². The van der Waals surface area contributed by atoms with Crippen molar-refractivity contribution in [1.29, 1.82) is 5.41 Å². The molecule has 0 spiro atoms. The molecule has 0 atom stereocenters. The maximum atomic E-state index is 13.3. The van der Waals surface area contributed by atoms with Gasteiger partial charge in [-0.05, 0) is 61.1 Å². The molecule has 2 amide bonds. The van der Waals surface area contributed by atoms with Crippen molar-refractivity contribution < 1.29 is 19.1 Å². The Morgan fingerprint density at radius 2 is 1.68 bits per heavy atom. The number of carbonyl (C=O) groups excluding carboxylic acids is 3. The number of aryl methyl sites for hydroxylation is 2. The average Bonchev–Trinajstić information content (AvgIpc) is 2.97. The van der Waals surface area contributed by atoms with Crippen molar-refractivity contribution in [3.05, 3.63) is 95.1 Å². The minimum atomic E-state index is -0.384. The van der Waals surface area contributed by atoms with Gasteiger partial charge in [-0.1, -0.05) is 54.6 Å². The van der Waals surface area contributed by atoms with E-state index in [0.29, 0.717) is 31.5 Å². The summed E-state index contributed by atoms with van der Waals surface area (Å²) >= 11 is 0. The van der Waals surface area contributed by atoms with Crippen LogP contribution < -0.4 is 15.5 Å². The molecule has 41 heavy (non-hydrogen) atoms. The summed E-state index contributed by atoms with van der Waals surface area (Å²) < 4.78 is 5.01. The molecule has 0 aliphatic carbocycles. The number of anilines is 2. The minimum absolute atomic E-state index is 0. The predicted octanol–water partition coefficient (Wildman–Crippen LogP) is 5.18. The topological polar surface area (TPSA) is 117 Å². The summed E-state index contributed by atoms with van der Waals surface area (Å²) in [7, 11) is 0. The first-order chi connectivity index (χ1) is 19.4. The Balaban J connectivity index is 0.00000462. The summed E-state index contributed by atoms with van der Waals surface area (Å²) in [4.78, 5) is 42.0. The van der Waals surface area contributed by atoms with Gasteiger partial charge >= 0.3 is 5.97 Å². The maximum absolute atomic E-state index is 13.3. The van der Waals surface area contributed by atoms with Gasteiger partial charge in [-0.3, -0.25) is 19.8 Å². The van der Waals surface area contributed by atoms with Crippen LogP contribution in [0.3, 0.4) is 0 Å². The smallest absolute Gasteiger partial charge is 0.306 e. The number of amides is 2. The lowest BCUT2D eigenvalue weighted by atomic mass is 9.99. The van der Waals surface area contributed by atoms with E-state index >= 15 is 0 Å². The number of ether oxygens (including phenoxy) is 1. The number of carbonyl (C=O) groups is 3. The molecule has 216 valence electrons. The van der Waals surface area contributed by atoms with Crippen LogP contribution in [0.4, 0.5) is 11.4 Å². The van der Waals surface area contributed by atoms with Crippen LogP contribution in [-0.4, -0.2) is 36.8 Å². The van der Waals surface area contributed by atoms with E-state index in [1.165, 1.54) is 0 Å². The second-order valence-electron chi connectivity index (χ2n) is 9.84. The van der Waals surface area contributed by atoms with Crippen LogP contribution in [0, 0.1) is 5.41 Å². The highest BCUT2D eigenvalue weighted by Crippen LogP contribution is 2.32. The van der Waals surface area contributed by atoms with Crippen molar-refractivity contribution in [3.63, 3.8) is 0 Å². The normalized spacial score (nSPS) is 12.1. The molecular formula is C32H37ClN4O4. The molecule has 0 unspecified atom stereocenters. The van der Waals surface area contributed by atoms with E-state index in [9.17, 15) is 14.4 Å². The van der Waals surface area contributed by atoms with E-state index in [2.05, 4.69) is 0 Å². The number of nitrogens with two attached hydrogens (primary N) is 1. The van der Waals surface area contributed by atoms with Gasteiger partial charge in [-0.25, -0.2) is 0 Å². The highest BCUT2D eigenvalue weighted by Gasteiger charge is 2.25. The molecule has 0 radical (unpaired) electrons. The number of nitrogens with zero attached hydrogens (tertiary/aromatic N) is 2. The van der Waals surface area contributed by atoms with Gasteiger partial charge in [-0.2, -0.15) is 0 Å². The molecule has 0 saturated heterocycles. The number of hydrogen-bond donors (Lipinski definition) is 2. The van der Waals surface area contributed by atoms with Crippen molar-refractivity contribution in [3.8, 4) is 0 Å². The number of nitrogen functional groups attached to an aromatic ring is 1. The standard InChI is InChI=1S/C32H36N4O4.ClH/c1-2-40-31(39)19-18-30(38)36(22-24-7-4-3-5-8-24)27-15-16-28-26(21-27)9-6-20-35(28)29(37)17-12-23-10-13-25(14-11-23)32(33)34;/h3-5,7-8,10-11,13-16,21H,2,6,9,12,17-20,22H2,1H3,(H3,33,34);1H. The Morgan fingerprint density at radius 3 is 2.37 bits per heavy atom. The van der Waals surface area contributed by atoms with Crippen LogP contribution in [0.5, 0.6) is 0 Å². The van der Waals surface area contributed by atoms with Crippen molar-refractivity contribution in [1.82, 2.24) is 0 Å². The molecule has 4 rings (SSSR count). The number of esters is 1. The molecule has 0 saturated carbocycles. The molecule has 1 heterocycles.